The maximum absolute atomic E-state index is 11.9. The number of furan rings is 1. The predicted octanol–water partition coefficient (Wildman–Crippen LogP) is 2.87. The highest BCUT2D eigenvalue weighted by Crippen LogP contribution is 2.27. The van der Waals surface area contributed by atoms with E-state index in [4.69, 9.17) is 4.42 Å². The Morgan fingerprint density at radius 3 is 2.74 bits per heavy atom. The van der Waals surface area contributed by atoms with Crippen molar-refractivity contribution in [1.29, 1.82) is 0 Å². The zero-order chi connectivity index (χ0) is 13.7. The number of aliphatic hydroxyl groups excluding tert-OH is 1. The molecule has 1 fully saturated rings. The van der Waals surface area contributed by atoms with E-state index in [1.807, 2.05) is 0 Å². The van der Waals surface area contributed by atoms with Gasteiger partial charge in [-0.1, -0.05) is 19.3 Å². The molecule has 1 aromatic heterocycles. The van der Waals surface area contributed by atoms with E-state index in [2.05, 4.69) is 21.2 Å². The third kappa shape index (κ3) is 3.94. The van der Waals surface area contributed by atoms with Crippen LogP contribution in [0.1, 0.15) is 37.9 Å². The molecule has 4 nitrogen and oxygen atoms in total. The van der Waals surface area contributed by atoms with Gasteiger partial charge in [-0.15, -0.1) is 0 Å². The summed E-state index contributed by atoms with van der Waals surface area (Å²) in [6, 6.07) is 3.55. The number of carbonyl (C=O) groups excluding carboxylic acids is 1. The van der Waals surface area contributed by atoms with Crippen LogP contribution in [0.25, 0.3) is 6.08 Å². The fourth-order valence-corrected chi connectivity index (χ4v) is 2.75. The van der Waals surface area contributed by atoms with Gasteiger partial charge < -0.3 is 14.8 Å². The van der Waals surface area contributed by atoms with Crippen LogP contribution in [-0.4, -0.2) is 23.2 Å². The average Bonchev–Trinajstić information content (AvgIpc) is 2.83. The molecule has 0 atom stereocenters. The summed E-state index contributed by atoms with van der Waals surface area (Å²) >= 11 is 3.20. The van der Waals surface area contributed by atoms with Gasteiger partial charge in [-0.25, -0.2) is 0 Å². The summed E-state index contributed by atoms with van der Waals surface area (Å²) in [6.07, 6.45) is 8.02. The van der Waals surface area contributed by atoms with E-state index >= 15 is 0 Å². The third-order valence-electron chi connectivity index (χ3n) is 3.49. The van der Waals surface area contributed by atoms with Crippen molar-refractivity contribution in [2.45, 2.75) is 37.6 Å². The number of hydrogen-bond donors (Lipinski definition) is 2. The second-order valence-corrected chi connectivity index (χ2v) is 5.75. The number of rotatable bonds is 4. The number of hydrogen-bond acceptors (Lipinski definition) is 3. The highest BCUT2D eigenvalue weighted by Gasteiger charge is 2.32. The number of carbonyl (C=O) groups is 1. The minimum absolute atomic E-state index is 0.00111. The summed E-state index contributed by atoms with van der Waals surface area (Å²) in [5.74, 6) is 0.423. The lowest BCUT2D eigenvalue weighted by Crippen LogP contribution is -2.52. The summed E-state index contributed by atoms with van der Waals surface area (Å²) in [5, 5.41) is 12.4. The van der Waals surface area contributed by atoms with Crippen LogP contribution < -0.4 is 5.32 Å². The Hall–Kier alpha value is -1.07. The first-order chi connectivity index (χ1) is 9.13. The van der Waals surface area contributed by atoms with E-state index in [0.717, 1.165) is 25.7 Å². The average molecular weight is 328 g/mol. The molecular weight excluding hydrogens is 310 g/mol. The maximum atomic E-state index is 11.9. The van der Waals surface area contributed by atoms with Crippen LogP contribution >= 0.6 is 15.9 Å². The lowest BCUT2D eigenvalue weighted by atomic mass is 9.82. The summed E-state index contributed by atoms with van der Waals surface area (Å²) in [7, 11) is 0. The van der Waals surface area contributed by atoms with Gasteiger partial charge in [0.05, 0.1) is 12.1 Å². The van der Waals surface area contributed by atoms with Gasteiger partial charge >= 0.3 is 0 Å². The number of amides is 1. The van der Waals surface area contributed by atoms with Crippen molar-refractivity contribution in [2.24, 2.45) is 0 Å². The smallest absolute Gasteiger partial charge is 0.244 e. The lowest BCUT2D eigenvalue weighted by molar-refractivity contribution is -0.119. The number of nitrogens with one attached hydrogen (secondary N) is 1. The zero-order valence-electron chi connectivity index (χ0n) is 10.7. The van der Waals surface area contributed by atoms with Crippen LogP contribution in [0.15, 0.2) is 27.3 Å². The van der Waals surface area contributed by atoms with E-state index in [-0.39, 0.29) is 12.5 Å². The van der Waals surface area contributed by atoms with Crippen molar-refractivity contribution in [1.82, 2.24) is 5.32 Å². The molecule has 2 N–H and O–H groups in total. The Balaban J connectivity index is 1.94. The van der Waals surface area contributed by atoms with Crippen LogP contribution in [0.5, 0.6) is 0 Å². The molecule has 0 aliphatic heterocycles. The first-order valence-corrected chi connectivity index (χ1v) is 7.29. The van der Waals surface area contributed by atoms with E-state index in [0.29, 0.717) is 10.4 Å². The molecule has 0 radical (unpaired) electrons. The fraction of sp³-hybridized carbons (Fsp3) is 0.500. The largest absolute Gasteiger partial charge is 0.450 e. The summed E-state index contributed by atoms with van der Waals surface area (Å²) < 4.78 is 5.91. The van der Waals surface area contributed by atoms with E-state index in [1.165, 1.54) is 12.5 Å². The monoisotopic (exact) mass is 327 g/mol. The molecule has 1 amide bonds. The van der Waals surface area contributed by atoms with Crippen molar-refractivity contribution in [3.05, 3.63) is 28.6 Å². The molecule has 5 heteroatoms. The number of aliphatic hydroxyl groups is 1. The Kier molecular flexibility index (Phi) is 4.82. The quantitative estimate of drug-likeness (QED) is 0.836. The number of halogens is 1. The molecule has 2 rings (SSSR count). The second-order valence-electron chi connectivity index (χ2n) is 4.96. The van der Waals surface area contributed by atoms with Gasteiger partial charge in [0, 0.05) is 6.08 Å². The fourth-order valence-electron chi connectivity index (χ4n) is 2.43. The minimum atomic E-state index is -0.441. The van der Waals surface area contributed by atoms with E-state index < -0.39 is 5.54 Å². The molecule has 1 heterocycles. The molecular formula is C14H18BrNO3. The van der Waals surface area contributed by atoms with E-state index in [1.54, 1.807) is 18.2 Å². The molecule has 0 saturated heterocycles. The topological polar surface area (TPSA) is 62.5 Å². The molecule has 0 spiro atoms. The molecule has 0 aromatic carbocycles. The van der Waals surface area contributed by atoms with Crippen molar-refractivity contribution >= 4 is 27.9 Å². The lowest BCUT2D eigenvalue weighted by Gasteiger charge is -2.36. The Bertz CT molecular complexity index is 461. The van der Waals surface area contributed by atoms with Crippen molar-refractivity contribution in [3.63, 3.8) is 0 Å². The maximum Gasteiger partial charge on any atom is 0.244 e. The first kappa shape index (κ1) is 14.3. The van der Waals surface area contributed by atoms with Gasteiger partial charge in [-0.3, -0.25) is 4.79 Å². The standard InChI is InChI=1S/C14H18BrNO3/c15-12-6-4-11(19-12)5-7-13(18)16-14(10-17)8-2-1-3-9-14/h4-7,17H,1-3,8-10H2,(H,16,18). The Morgan fingerprint density at radius 1 is 1.42 bits per heavy atom. The van der Waals surface area contributed by atoms with Gasteiger partial charge in [-0.2, -0.15) is 0 Å². The van der Waals surface area contributed by atoms with Gasteiger partial charge in [0.15, 0.2) is 4.67 Å². The zero-order valence-corrected chi connectivity index (χ0v) is 12.3. The van der Waals surface area contributed by atoms with Crippen LogP contribution in [0, 0.1) is 0 Å². The Labute approximate surface area is 121 Å². The molecule has 1 saturated carbocycles. The molecule has 1 aliphatic rings. The Morgan fingerprint density at radius 2 is 2.16 bits per heavy atom. The van der Waals surface area contributed by atoms with Crippen LogP contribution in [-0.2, 0) is 4.79 Å². The predicted molar refractivity (Wildman–Crippen MR) is 76.5 cm³/mol. The first-order valence-electron chi connectivity index (χ1n) is 6.50. The van der Waals surface area contributed by atoms with Crippen LogP contribution in [0.4, 0.5) is 0 Å². The van der Waals surface area contributed by atoms with Crippen LogP contribution in [0.3, 0.4) is 0 Å². The molecule has 0 unspecified atom stereocenters. The summed E-state index contributed by atoms with van der Waals surface area (Å²) in [4.78, 5) is 11.9. The van der Waals surface area contributed by atoms with Gasteiger partial charge in [0.25, 0.3) is 0 Å². The normalized spacial score (nSPS) is 18.6. The molecule has 1 aliphatic carbocycles. The molecule has 104 valence electrons. The van der Waals surface area contributed by atoms with Gasteiger partial charge in [0.1, 0.15) is 5.76 Å². The van der Waals surface area contributed by atoms with Gasteiger partial charge in [0.2, 0.25) is 5.91 Å². The SMILES string of the molecule is O=C(C=Cc1ccc(Br)o1)NC1(CO)CCCCC1. The molecule has 19 heavy (non-hydrogen) atoms. The van der Waals surface area contributed by atoms with Gasteiger partial charge in [-0.05, 0) is 47.0 Å². The van der Waals surface area contributed by atoms with Crippen molar-refractivity contribution in [3.8, 4) is 0 Å². The van der Waals surface area contributed by atoms with Crippen molar-refractivity contribution in [2.75, 3.05) is 6.61 Å². The molecule has 1 aromatic rings. The minimum Gasteiger partial charge on any atom is -0.450 e. The van der Waals surface area contributed by atoms with Crippen LogP contribution in [0.2, 0.25) is 0 Å². The molecule has 0 bridgehead atoms. The van der Waals surface area contributed by atoms with E-state index in [9.17, 15) is 9.90 Å². The summed E-state index contributed by atoms with van der Waals surface area (Å²) in [5.41, 5.74) is -0.441. The second kappa shape index (κ2) is 6.39. The third-order valence-corrected chi connectivity index (χ3v) is 3.92. The highest BCUT2D eigenvalue weighted by atomic mass is 79.9. The van der Waals surface area contributed by atoms with Crippen molar-refractivity contribution < 1.29 is 14.3 Å². The highest BCUT2D eigenvalue weighted by molar-refractivity contribution is 9.10. The summed E-state index contributed by atoms with van der Waals surface area (Å²) in [6.45, 7) is -0.00111.